The van der Waals surface area contributed by atoms with E-state index in [9.17, 15) is 5.11 Å². The van der Waals surface area contributed by atoms with Crippen LogP contribution in [0.4, 0.5) is 0 Å². The smallest absolute Gasteiger partial charge is 0.0608 e. The predicted molar refractivity (Wildman–Crippen MR) is 94.6 cm³/mol. The van der Waals surface area contributed by atoms with E-state index in [1.54, 1.807) is 0 Å². The van der Waals surface area contributed by atoms with Gasteiger partial charge in [-0.3, -0.25) is 9.80 Å². The number of rotatable bonds is 4. The van der Waals surface area contributed by atoms with E-state index in [0.717, 1.165) is 43.2 Å². The van der Waals surface area contributed by atoms with Crippen molar-refractivity contribution >= 4 is 11.6 Å². The summed E-state index contributed by atoms with van der Waals surface area (Å²) in [6.07, 6.45) is 4.86. The molecule has 2 atom stereocenters. The van der Waals surface area contributed by atoms with Crippen molar-refractivity contribution < 1.29 is 5.11 Å². The molecule has 0 radical (unpaired) electrons. The lowest BCUT2D eigenvalue weighted by atomic mass is 10.2. The van der Waals surface area contributed by atoms with E-state index in [4.69, 9.17) is 11.6 Å². The first-order valence-corrected chi connectivity index (χ1v) is 8.97. The molecule has 0 saturated carbocycles. The van der Waals surface area contributed by atoms with Gasteiger partial charge in [-0.2, -0.15) is 0 Å². The van der Waals surface area contributed by atoms with Crippen LogP contribution < -0.4 is 0 Å². The highest BCUT2D eigenvalue weighted by Gasteiger charge is 2.30. The largest absolute Gasteiger partial charge is 0.395 e. The Kier molecular flexibility index (Phi) is 5.96. The lowest BCUT2D eigenvalue weighted by Crippen LogP contribution is -2.43. The molecule has 0 aliphatic carbocycles. The molecule has 0 amide bonds. The fourth-order valence-electron chi connectivity index (χ4n) is 3.70. The van der Waals surface area contributed by atoms with Crippen LogP contribution in [0.2, 0.25) is 5.02 Å². The van der Waals surface area contributed by atoms with Crippen molar-refractivity contribution in [2.75, 3.05) is 32.8 Å². The van der Waals surface area contributed by atoms with Crippen molar-refractivity contribution in [2.24, 2.45) is 0 Å². The minimum absolute atomic E-state index is 0.295. The topological polar surface area (TPSA) is 26.7 Å². The van der Waals surface area contributed by atoms with Gasteiger partial charge in [-0.05, 0) is 63.0 Å². The first-order valence-electron chi connectivity index (χ1n) is 8.59. The normalized spacial score (nSPS) is 25.5. The maximum Gasteiger partial charge on any atom is 0.0608 e. The number of hydrogen-bond acceptors (Lipinski definition) is 3. The minimum Gasteiger partial charge on any atom is -0.395 e. The van der Waals surface area contributed by atoms with Crippen LogP contribution in [0.5, 0.6) is 0 Å². The molecule has 23 heavy (non-hydrogen) atoms. The van der Waals surface area contributed by atoms with E-state index in [2.05, 4.69) is 21.6 Å². The Bertz CT molecular complexity index is 563. The summed E-state index contributed by atoms with van der Waals surface area (Å²) in [6, 6.07) is 8.65. The summed E-state index contributed by atoms with van der Waals surface area (Å²) in [5, 5.41) is 10.2. The summed E-state index contributed by atoms with van der Waals surface area (Å²) < 4.78 is 0. The van der Waals surface area contributed by atoms with E-state index in [1.165, 1.54) is 19.3 Å². The van der Waals surface area contributed by atoms with Gasteiger partial charge >= 0.3 is 0 Å². The first-order chi connectivity index (χ1) is 11.3. The Morgan fingerprint density at radius 3 is 2.48 bits per heavy atom. The molecule has 2 unspecified atom stereocenters. The average Bonchev–Trinajstić information content (AvgIpc) is 3.19. The molecule has 2 aliphatic rings. The van der Waals surface area contributed by atoms with Gasteiger partial charge in [0, 0.05) is 29.2 Å². The van der Waals surface area contributed by atoms with Crippen LogP contribution in [0.1, 0.15) is 31.2 Å². The quantitative estimate of drug-likeness (QED) is 0.859. The molecule has 2 heterocycles. The molecule has 3 nitrogen and oxygen atoms in total. The second-order valence-corrected chi connectivity index (χ2v) is 6.99. The van der Waals surface area contributed by atoms with Crippen molar-refractivity contribution in [3.63, 3.8) is 0 Å². The van der Waals surface area contributed by atoms with Gasteiger partial charge in [0.05, 0.1) is 13.2 Å². The van der Waals surface area contributed by atoms with Crippen LogP contribution in [0.25, 0.3) is 0 Å². The van der Waals surface area contributed by atoms with Gasteiger partial charge in [-0.1, -0.05) is 23.4 Å². The fraction of sp³-hybridized carbons (Fsp3) is 0.579. The first kappa shape index (κ1) is 16.8. The molecular weight excluding hydrogens is 308 g/mol. The highest BCUT2D eigenvalue weighted by molar-refractivity contribution is 6.30. The van der Waals surface area contributed by atoms with Crippen LogP contribution in [-0.2, 0) is 0 Å². The van der Waals surface area contributed by atoms with Gasteiger partial charge < -0.3 is 5.11 Å². The molecule has 124 valence electrons. The van der Waals surface area contributed by atoms with E-state index >= 15 is 0 Å². The lowest BCUT2D eigenvalue weighted by Gasteiger charge is -2.30. The standard InChI is InChI=1S/C19H25ClN2O/c20-17-9-7-16(8-10-17)4-1-11-21-12-2-5-18(21)14-22-13-3-6-19(22)15-23/h7-10,18-19,23H,2-3,5-6,11-15H2. The summed E-state index contributed by atoms with van der Waals surface area (Å²) in [5.41, 5.74) is 1.02. The molecule has 2 saturated heterocycles. The fourth-order valence-corrected chi connectivity index (χ4v) is 3.83. The SMILES string of the molecule is OCC1CCCN1CC1CCCN1CC#Cc1ccc(Cl)cc1. The highest BCUT2D eigenvalue weighted by Crippen LogP contribution is 2.23. The van der Waals surface area contributed by atoms with Gasteiger partial charge in [0.1, 0.15) is 0 Å². The minimum atomic E-state index is 0.295. The van der Waals surface area contributed by atoms with Crippen LogP contribution in [0, 0.1) is 11.8 Å². The van der Waals surface area contributed by atoms with Crippen LogP contribution in [-0.4, -0.2) is 59.8 Å². The second kappa shape index (κ2) is 8.17. The molecule has 0 spiro atoms. The van der Waals surface area contributed by atoms with E-state index in [1.807, 2.05) is 24.3 Å². The third kappa shape index (κ3) is 4.49. The van der Waals surface area contributed by atoms with E-state index in [-0.39, 0.29) is 0 Å². The van der Waals surface area contributed by atoms with Crippen molar-refractivity contribution in [3.05, 3.63) is 34.9 Å². The summed E-state index contributed by atoms with van der Waals surface area (Å²) in [5.74, 6) is 6.54. The van der Waals surface area contributed by atoms with E-state index < -0.39 is 0 Å². The van der Waals surface area contributed by atoms with Crippen molar-refractivity contribution in [1.29, 1.82) is 0 Å². The summed E-state index contributed by atoms with van der Waals surface area (Å²) in [7, 11) is 0. The van der Waals surface area contributed by atoms with Crippen LogP contribution >= 0.6 is 11.6 Å². The van der Waals surface area contributed by atoms with Crippen LogP contribution in [0.3, 0.4) is 0 Å². The third-order valence-electron chi connectivity index (χ3n) is 5.01. The Morgan fingerprint density at radius 1 is 1.04 bits per heavy atom. The zero-order valence-electron chi connectivity index (χ0n) is 13.5. The summed E-state index contributed by atoms with van der Waals surface area (Å²) in [6.45, 7) is 4.46. The zero-order chi connectivity index (χ0) is 16.1. The van der Waals surface area contributed by atoms with Crippen molar-refractivity contribution in [1.82, 2.24) is 9.80 Å². The molecular formula is C19H25ClN2O. The van der Waals surface area contributed by atoms with E-state index in [0.29, 0.717) is 18.7 Å². The third-order valence-corrected chi connectivity index (χ3v) is 5.27. The average molecular weight is 333 g/mol. The molecule has 2 aliphatic heterocycles. The van der Waals surface area contributed by atoms with Gasteiger partial charge in [0.25, 0.3) is 0 Å². The van der Waals surface area contributed by atoms with Gasteiger partial charge in [0.15, 0.2) is 0 Å². The number of aliphatic hydroxyl groups is 1. The number of nitrogens with zero attached hydrogens (tertiary/aromatic N) is 2. The zero-order valence-corrected chi connectivity index (χ0v) is 14.3. The summed E-state index contributed by atoms with van der Waals surface area (Å²) >= 11 is 5.89. The second-order valence-electron chi connectivity index (χ2n) is 6.55. The maximum absolute atomic E-state index is 9.48. The molecule has 3 rings (SSSR count). The van der Waals surface area contributed by atoms with Gasteiger partial charge in [-0.25, -0.2) is 0 Å². The highest BCUT2D eigenvalue weighted by atomic mass is 35.5. The molecule has 2 fully saturated rings. The lowest BCUT2D eigenvalue weighted by molar-refractivity contribution is 0.127. The number of aliphatic hydroxyl groups excluding tert-OH is 1. The Hall–Kier alpha value is -1.05. The molecule has 0 bridgehead atoms. The molecule has 1 N–H and O–H groups in total. The number of benzene rings is 1. The Labute approximate surface area is 144 Å². The molecule has 1 aromatic rings. The van der Waals surface area contributed by atoms with Crippen molar-refractivity contribution in [2.45, 2.75) is 37.8 Å². The molecule has 0 aromatic heterocycles. The van der Waals surface area contributed by atoms with Gasteiger partial charge in [-0.15, -0.1) is 0 Å². The Balaban J connectivity index is 1.54. The predicted octanol–water partition coefficient (Wildman–Crippen LogP) is 2.61. The Morgan fingerprint density at radius 2 is 1.74 bits per heavy atom. The van der Waals surface area contributed by atoms with Crippen LogP contribution in [0.15, 0.2) is 24.3 Å². The van der Waals surface area contributed by atoms with Crippen molar-refractivity contribution in [3.8, 4) is 11.8 Å². The summed E-state index contributed by atoms with van der Waals surface area (Å²) in [4.78, 5) is 4.96. The van der Waals surface area contributed by atoms with Gasteiger partial charge in [0.2, 0.25) is 0 Å². The monoisotopic (exact) mass is 332 g/mol. The number of halogens is 1. The maximum atomic E-state index is 9.48. The number of likely N-dealkylation sites (tertiary alicyclic amines) is 2. The number of hydrogen-bond donors (Lipinski definition) is 1. The molecule has 4 heteroatoms. The molecule has 1 aromatic carbocycles.